The minimum absolute atomic E-state index is 0.589. The summed E-state index contributed by atoms with van der Waals surface area (Å²) in [5.41, 5.74) is 8.47. The topological polar surface area (TPSA) is 26.0 Å². The molecule has 1 aliphatic rings. The third-order valence-corrected chi connectivity index (χ3v) is 3.57. The van der Waals surface area contributed by atoms with Crippen molar-refractivity contribution in [1.29, 1.82) is 0 Å². The van der Waals surface area contributed by atoms with E-state index in [1.54, 1.807) is 0 Å². The van der Waals surface area contributed by atoms with Crippen molar-refractivity contribution >= 4 is 11.8 Å². The number of nitrogens with two attached hydrogens (primary N) is 1. The molecule has 0 aliphatic carbocycles. The van der Waals surface area contributed by atoms with E-state index in [4.69, 9.17) is 5.73 Å². The fourth-order valence-electron chi connectivity index (χ4n) is 1.58. The van der Waals surface area contributed by atoms with E-state index >= 15 is 0 Å². The second-order valence-corrected chi connectivity index (χ2v) is 4.35. The summed E-state index contributed by atoms with van der Waals surface area (Å²) in [5, 5.41) is 0. The average molecular weight is 179 g/mol. The van der Waals surface area contributed by atoms with Gasteiger partial charge in [-0.15, -0.1) is 11.8 Å². The van der Waals surface area contributed by atoms with Gasteiger partial charge in [0, 0.05) is 23.1 Å². The third-order valence-electron chi connectivity index (χ3n) is 2.33. The number of aryl methyl sites for hydroxylation is 1. The van der Waals surface area contributed by atoms with Crippen molar-refractivity contribution in [1.82, 2.24) is 0 Å². The number of benzene rings is 1. The summed E-state index contributed by atoms with van der Waals surface area (Å²) >= 11 is 1.93. The fourth-order valence-corrected chi connectivity index (χ4v) is 2.95. The first-order chi connectivity index (χ1) is 5.81. The molecule has 1 aromatic carbocycles. The third kappa shape index (κ3) is 1.25. The van der Waals surface area contributed by atoms with E-state index < -0.39 is 0 Å². The molecule has 1 nitrogen and oxygen atoms in total. The molecule has 1 atom stereocenters. The first kappa shape index (κ1) is 8.14. The molecule has 2 rings (SSSR count). The molecular weight excluding hydrogens is 166 g/mol. The molecule has 12 heavy (non-hydrogen) atoms. The van der Waals surface area contributed by atoms with Crippen LogP contribution in [0.1, 0.15) is 17.0 Å². The van der Waals surface area contributed by atoms with Gasteiger partial charge in [0.1, 0.15) is 0 Å². The Labute approximate surface area is 77.3 Å². The summed E-state index contributed by atoms with van der Waals surface area (Å²) in [6.45, 7) is 2.92. The summed E-state index contributed by atoms with van der Waals surface area (Å²) in [4.78, 5) is 1.44. The van der Waals surface area contributed by atoms with Gasteiger partial charge in [0.25, 0.3) is 0 Å². The molecule has 0 bridgehead atoms. The van der Waals surface area contributed by atoms with Crippen molar-refractivity contribution in [2.75, 3.05) is 12.3 Å². The second-order valence-electron chi connectivity index (χ2n) is 3.28. The molecule has 0 saturated heterocycles. The van der Waals surface area contributed by atoms with Crippen LogP contribution in [0.2, 0.25) is 0 Å². The lowest BCUT2D eigenvalue weighted by Crippen LogP contribution is -2.11. The van der Waals surface area contributed by atoms with Crippen molar-refractivity contribution in [3.05, 3.63) is 29.3 Å². The van der Waals surface area contributed by atoms with Gasteiger partial charge in [-0.05, 0) is 18.6 Å². The Hall–Kier alpha value is -0.470. The van der Waals surface area contributed by atoms with Crippen molar-refractivity contribution in [3.63, 3.8) is 0 Å². The molecule has 0 saturated carbocycles. The fraction of sp³-hybridized carbons (Fsp3) is 0.400. The number of hydrogen-bond donors (Lipinski definition) is 1. The molecular formula is C10H13NS. The van der Waals surface area contributed by atoms with Gasteiger partial charge in [0.2, 0.25) is 0 Å². The van der Waals surface area contributed by atoms with Crippen molar-refractivity contribution in [2.24, 2.45) is 5.73 Å². The summed E-state index contributed by atoms with van der Waals surface area (Å²) < 4.78 is 0. The van der Waals surface area contributed by atoms with Crippen molar-refractivity contribution < 1.29 is 0 Å². The zero-order valence-electron chi connectivity index (χ0n) is 7.21. The Bertz CT molecular complexity index is 296. The van der Waals surface area contributed by atoms with E-state index in [-0.39, 0.29) is 0 Å². The highest BCUT2D eigenvalue weighted by Gasteiger charge is 2.21. The SMILES string of the molecule is Cc1ccc2c(c1)SCC2CN. The van der Waals surface area contributed by atoms with Crippen LogP contribution in [0, 0.1) is 6.92 Å². The summed E-state index contributed by atoms with van der Waals surface area (Å²) in [6, 6.07) is 6.66. The highest BCUT2D eigenvalue weighted by Crippen LogP contribution is 2.39. The lowest BCUT2D eigenvalue weighted by atomic mass is 10.0. The predicted molar refractivity (Wildman–Crippen MR) is 53.7 cm³/mol. The molecule has 0 aromatic heterocycles. The van der Waals surface area contributed by atoms with Crippen LogP contribution in [0.3, 0.4) is 0 Å². The first-order valence-electron chi connectivity index (χ1n) is 4.24. The Morgan fingerprint density at radius 2 is 2.42 bits per heavy atom. The summed E-state index contributed by atoms with van der Waals surface area (Å²) in [7, 11) is 0. The Morgan fingerprint density at radius 3 is 3.17 bits per heavy atom. The van der Waals surface area contributed by atoms with E-state index in [2.05, 4.69) is 25.1 Å². The van der Waals surface area contributed by atoms with Crippen LogP contribution in [0.15, 0.2) is 23.1 Å². The quantitative estimate of drug-likeness (QED) is 0.715. The Balaban J connectivity index is 2.40. The van der Waals surface area contributed by atoms with Gasteiger partial charge in [0.15, 0.2) is 0 Å². The maximum atomic E-state index is 5.67. The molecule has 2 N–H and O–H groups in total. The largest absolute Gasteiger partial charge is 0.330 e. The maximum Gasteiger partial charge on any atom is 0.0110 e. The minimum Gasteiger partial charge on any atom is -0.330 e. The molecule has 64 valence electrons. The highest BCUT2D eigenvalue weighted by atomic mass is 32.2. The lowest BCUT2D eigenvalue weighted by molar-refractivity contribution is 0.787. The molecule has 2 heteroatoms. The molecule has 0 spiro atoms. The minimum atomic E-state index is 0.589. The number of fused-ring (bicyclic) bond motifs is 1. The molecule has 1 heterocycles. The second kappa shape index (κ2) is 3.11. The Morgan fingerprint density at radius 1 is 1.58 bits per heavy atom. The van der Waals surface area contributed by atoms with E-state index in [0.29, 0.717) is 5.92 Å². The van der Waals surface area contributed by atoms with Crippen molar-refractivity contribution in [2.45, 2.75) is 17.7 Å². The normalized spacial score (nSPS) is 21.0. The van der Waals surface area contributed by atoms with E-state index in [1.807, 2.05) is 11.8 Å². The molecule has 1 aliphatic heterocycles. The van der Waals surface area contributed by atoms with Gasteiger partial charge in [-0.1, -0.05) is 17.7 Å². The van der Waals surface area contributed by atoms with Crippen LogP contribution in [0.5, 0.6) is 0 Å². The smallest absolute Gasteiger partial charge is 0.0110 e. The van der Waals surface area contributed by atoms with Crippen LogP contribution in [-0.4, -0.2) is 12.3 Å². The highest BCUT2D eigenvalue weighted by molar-refractivity contribution is 7.99. The van der Waals surface area contributed by atoms with Gasteiger partial charge in [-0.25, -0.2) is 0 Å². The number of thioether (sulfide) groups is 1. The van der Waals surface area contributed by atoms with Crippen LogP contribution >= 0.6 is 11.8 Å². The standard InChI is InChI=1S/C10H13NS/c1-7-2-3-9-8(5-11)6-12-10(9)4-7/h2-4,8H,5-6,11H2,1H3. The van der Waals surface area contributed by atoms with Gasteiger partial charge < -0.3 is 5.73 Å². The monoisotopic (exact) mass is 179 g/mol. The van der Waals surface area contributed by atoms with Crippen LogP contribution in [0.25, 0.3) is 0 Å². The van der Waals surface area contributed by atoms with E-state index in [9.17, 15) is 0 Å². The molecule has 1 unspecified atom stereocenters. The molecule has 0 radical (unpaired) electrons. The van der Waals surface area contributed by atoms with Crippen molar-refractivity contribution in [3.8, 4) is 0 Å². The van der Waals surface area contributed by atoms with Crippen LogP contribution < -0.4 is 5.73 Å². The number of rotatable bonds is 1. The maximum absolute atomic E-state index is 5.67. The molecule has 0 fully saturated rings. The average Bonchev–Trinajstić information content (AvgIpc) is 2.46. The van der Waals surface area contributed by atoms with Gasteiger partial charge in [0.05, 0.1) is 0 Å². The zero-order chi connectivity index (χ0) is 8.55. The van der Waals surface area contributed by atoms with E-state index in [1.165, 1.54) is 16.0 Å². The molecule has 0 amide bonds. The first-order valence-corrected chi connectivity index (χ1v) is 5.23. The van der Waals surface area contributed by atoms with Gasteiger partial charge in [-0.2, -0.15) is 0 Å². The van der Waals surface area contributed by atoms with E-state index in [0.717, 1.165) is 12.3 Å². The van der Waals surface area contributed by atoms with Gasteiger partial charge >= 0.3 is 0 Å². The number of hydrogen-bond acceptors (Lipinski definition) is 2. The lowest BCUT2D eigenvalue weighted by Gasteiger charge is -2.06. The zero-order valence-corrected chi connectivity index (χ0v) is 8.03. The summed E-state index contributed by atoms with van der Waals surface area (Å²) in [5.74, 6) is 1.75. The van der Waals surface area contributed by atoms with Gasteiger partial charge in [-0.3, -0.25) is 0 Å². The summed E-state index contributed by atoms with van der Waals surface area (Å²) in [6.07, 6.45) is 0. The van der Waals surface area contributed by atoms with Crippen LogP contribution in [-0.2, 0) is 0 Å². The Kier molecular flexibility index (Phi) is 2.11. The molecule has 1 aromatic rings. The van der Waals surface area contributed by atoms with Crippen LogP contribution in [0.4, 0.5) is 0 Å². The predicted octanol–water partition coefficient (Wildman–Crippen LogP) is 2.14.